The van der Waals surface area contributed by atoms with Crippen LogP contribution >= 0.6 is 0 Å². The van der Waals surface area contributed by atoms with Crippen LogP contribution in [0.4, 0.5) is 0 Å². The molecule has 0 radical (unpaired) electrons. The maximum Gasteiger partial charge on any atom is 0.263 e. The first-order chi connectivity index (χ1) is 13.4. The van der Waals surface area contributed by atoms with Gasteiger partial charge in [-0.2, -0.15) is 0 Å². The number of nitrogens with one attached hydrogen (secondary N) is 1. The smallest absolute Gasteiger partial charge is 0.263 e. The first kappa shape index (κ1) is 19.4. The molecule has 1 aromatic rings. The van der Waals surface area contributed by atoms with E-state index in [4.69, 9.17) is 0 Å². The highest BCUT2D eigenvalue weighted by atomic mass is 32.2. The molecule has 1 N–H and O–H groups in total. The molecule has 0 bridgehead atoms. The SMILES string of the molecule is CC(C)[C@H](N=C1NS(=O)(=O)c2ccccc21)C(=O)N1CCC(N2CCCC2)C1. The number of hydrogen-bond acceptors (Lipinski definition) is 5. The molecule has 152 valence electrons. The molecule has 0 aliphatic carbocycles. The van der Waals surface area contributed by atoms with Crippen LogP contribution in [0.15, 0.2) is 34.2 Å². The maximum atomic E-state index is 13.2. The molecule has 2 saturated heterocycles. The van der Waals surface area contributed by atoms with E-state index < -0.39 is 16.1 Å². The third-order valence-corrected chi connectivity index (χ3v) is 7.34. The number of fused-ring (bicyclic) bond motifs is 1. The van der Waals surface area contributed by atoms with E-state index in [1.54, 1.807) is 24.3 Å². The molecule has 0 saturated carbocycles. The van der Waals surface area contributed by atoms with Crippen LogP contribution in [0.2, 0.25) is 0 Å². The molecule has 4 rings (SSSR count). The summed E-state index contributed by atoms with van der Waals surface area (Å²) in [5.74, 6) is 0.244. The fourth-order valence-electron chi connectivity index (χ4n) is 4.39. The van der Waals surface area contributed by atoms with Crippen LogP contribution in [-0.2, 0) is 14.8 Å². The normalized spacial score (nSPS) is 26.6. The predicted octanol–water partition coefficient (Wildman–Crippen LogP) is 1.45. The molecular weight excluding hydrogens is 376 g/mol. The lowest BCUT2D eigenvalue weighted by atomic mass is 10.0. The summed E-state index contributed by atoms with van der Waals surface area (Å²) in [5.41, 5.74) is 0.539. The van der Waals surface area contributed by atoms with Gasteiger partial charge < -0.3 is 4.90 Å². The number of aliphatic imine (C=N–C) groups is 1. The van der Waals surface area contributed by atoms with Crippen LogP contribution in [0.5, 0.6) is 0 Å². The first-order valence-corrected chi connectivity index (χ1v) is 11.6. The molecule has 1 aromatic carbocycles. The van der Waals surface area contributed by atoms with Crippen molar-refractivity contribution in [1.29, 1.82) is 0 Å². The van der Waals surface area contributed by atoms with Crippen LogP contribution in [0.1, 0.15) is 38.7 Å². The van der Waals surface area contributed by atoms with E-state index in [1.165, 1.54) is 12.8 Å². The van der Waals surface area contributed by atoms with E-state index in [1.807, 2.05) is 18.7 Å². The third-order valence-electron chi connectivity index (χ3n) is 5.95. The summed E-state index contributed by atoms with van der Waals surface area (Å²) in [5, 5.41) is 0. The van der Waals surface area contributed by atoms with Crippen LogP contribution in [0.3, 0.4) is 0 Å². The molecular formula is C20H28N4O3S. The van der Waals surface area contributed by atoms with Crippen molar-refractivity contribution < 1.29 is 13.2 Å². The van der Waals surface area contributed by atoms with Gasteiger partial charge in [-0.05, 0) is 50.4 Å². The van der Waals surface area contributed by atoms with Crippen molar-refractivity contribution in [2.45, 2.75) is 50.1 Å². The van der Waals surface area contributed by atoms with Gasteiger partial charge in [-0.3, -0.25) is 19.4 Å². The van der Waals surface area contributed by atoms with E-state index in [9.17, 15) is 13.2 Å². The summed E-state index contributed by atoms with van der Waals surface area (Å²) < 4.78 is 27.2. The molecule has 2 fully saturated rings. The fourth-order valence-corrected chi connectivity index (χ4v) is 5.63. The molecule has 1 amide bonds. The zero-order valence-electron chi connectivity index (χ0n) is 16.5. The molecule has 8 heteroatoms. The monoisotopic (exact) mass is 404 g/mol. The minimum absolute atomic E-state index is 0.00669. The van der Waals surface area contributed by atoms with E-state index in [0.29, 0.717) is 11.6 Å². The zero-order valence-corrected chi connectivity index (χ0v) is 17.3. The van der Waals surface area contributed by atoms with Gasteiger partial charge in [-0.15, -0.1) is 0 Å². The molecule has 0 aromatic heterocycles. The Kier molecular flexibility index (Phi) is 5.18. The Morgan fingerprint density at radius 2 is 1.89 bits per heavy atom. The lowest BCUT2D eigenvalue weighted by Gasteiger charge is -2.26. The predicted molar refractivity (Wildman–Crippen MR) is 108 cm³/mol. The second-order valence-corrected chi connectivity index (χ2v) is 9.89. The minimum Gasteiger partial charge on any atom is -0.339 e. The summed E-state index contributed by atoms with van der Waals surface area (Å²) >= 11 is 0. The highest BCUT2D eigenvalue weighted by molar-refractivity contribution is 7.90. The number of benzene rings is 1. The van der Waals surface area contributed by atoms with Crippen molar-refractivity contribution in [3.63, 3.8) is 0 Å². The molecule has 7 nitrogen and oxygen atoms in total. The van der Waals surface area contributed by atoms with Gasteiger partial charge in [-0.1, -0.05) is 26.0 Å². The van der Waals surface area contributed by atoms with Crippen molar-refractivity contribution in [3.8, 4) is 0 Å². The average Bonchev–Trinajstić information content (AvgIpc) is 3.39. The Morgan fingerprint density at radius 1 is 1.18 bits per heavy atom. The second-order valence-electron chi connectivity index (χ2n) is 8.24. The van der Waals surface area contributed by atoms with Gasteiger partial charge in [0.25, 0.3) is 10.0 Å². The lowest BCUT2D eigenvalue weighted by Crippen LogP contribution is -2.43. The summed E-state index contributed by atoms with van der Waals surface area (Å²) in [4.78, 5) is 22.5. The number of sulfonamides is 1. The number of nitrogens with zero attached hydrogens (tertiary/aromatic N) is 3. The van der Waals surface area contributed by atoms with Crippen molar-refractivity contribution in [3.05, 3.63) is 29.8 Å². The molecule has 0 spiro atoms. The van der Waals surface area contributed by atoms with Crippen LogP contribution in [0, 0.1) is 5.92 Å². The number of amidine groups is 1. The Labute approximate surface area is 166 Å². The lowest BCUT2D eigenvalue weighted by molar-refractivity contribution is -0.132. The number of rotatable bonds is 4. The van der Waals surface area contributed by atoms with Gasteiger partial charge in [0, 0.05) is 24.7 Å². The van der Waals surface area contributed by atoms with Crippen LogP contribution < -0.4 is 4.72 Å². The Morgan fingerprint density at radius 3 is 2.61 bits per heavy atom. The van der Waals surface area contributed by atoms with Crippen molar-refractivity contribution in [2.75, 3.05) is 26.2 Å². The molecule has 28 heavy (non-hydrogen) atoms. The number of hydrogen-bond donors (Lipinski definition) is 1. The fraction of sp³-hybridized carbons (Fsp3) is 0.600. The number of carbonyl (C=O) groups excluding carboxylic acids is 1. The summed E-state index contributed by atoms with van der Waals surface area (Å²) in [7, 11) is -3.60. The summed E-state index contributed by atoms with van der Waals surface area (Å²) in [6.07, 6.45) is 3.49. The Bertz CT molecular complexity index is 890. The van der Waals surface area contributed by atoms with Crippen LogP contribution in [-0.4, -0.2) is 68.2 Å². The zero-order chi connectivity index (χ0) is 19.9. The third kappa shape index (κ3) is 3.55. The van der Waals surface area contributed by atoms with Gasteiger partial charge in [0.05, 0.1) is 4.90 Å². The second kappa shape index (κ2) is 7.48. The van der Waals surface area contributed by atoms with Crippen molar-refractivity contribution in [1.82, 2.24) is 14.5 Å². The summed E-state index contributed by atoms with van der Waals surface area (Å²) in [6.45, 7) is 7.65. The quantitative estimate of drug-likeness (QED) is 0.823. The molecule has 3 aliphatic heterocycles. The largest absolute Gasteiger partial charge is 0.339 e. The molecule has 3 aliphatic rings. The van der Waals surface area contributed by atoms with Gasteiger partial charge in [0.2, 0.25) is 5.91 Å². The van der Waals surface area contributed by atoms with Gasteiger partial charge in [-0.25, -0.2) is 8.42 Å². The minimum atomic E-state index is -3.60. The molecule has 2 atom stereocenters. The highest BCUT2D eigenvalue weighted by Gasteiger charge is 2.37. The van der Waals surface area contributed by atoms with Gasteiger partial charge >= 0.3 is 0 Å². The van der Waals surface area contributed by atoms with Gasteiger partial charge in [0.1, 0.15) is 11.9 Å². The number of carbonyl (C=O) groups is 1. The van der Waals surface area contributed by atoms with E-state index in [-0.39, 0.29) is 22.6 Å². The topological polar surface area (TPSA) is 82.1 Å². The average molecular weight is 405 g/mol. The van der Waals surface area contributed by atoms with Crippen LogP contribution in [0.25, 0.3) is 0 Å². The standard InChI is InChI=1S/C20H28N4O3S/c1-14(2)18(20(25)24-12-9-15(13-24)23-10-5-6-11-23)21-19-16-7-3-4-8-17(16)28(26,27)22-19/h3-4,7-8,14-15,18H,5-6,9-13H2,1-2H3,(H,21,22)/t15?,18-/m0/s1. The number of amides is 1. The van der Waals surface area contributed by atoms with E-state index >= 15 is 0 Å². The van der Waals surface area contributed by atoms with Crippen molar-refractivity contribution in [2.24, 2.45) is 10.9 Å². The molecule has 3 heterocycles. The first-order valence-electron chi connectivity index (χ1n) is 10.1. The van der Waals surface area contributed by atoms with Crippen molar-refractivity contribution >= 4 is 21.8 Å². The van der Waals surface area contributed by atoms with E-state index in [0.717, 1.165) is 32.6 Å². The maximum absolute atomic E-state index is 13.2. The number of likely N-dealkylation sites (tertiary alicyclic amines) is 2. The highest BCUT2D eigenvalue weighted by Crippen LogP contribution is 2.25. The Balaban J connectivity index is 1.55. The summed E-state index contributed by atoms with van der Waals surface area (Å²) in [6, 6.07) is 6.61. The molecule has 1 unspecified atom stereocenters. The van der Waals surface area contributed by atoms with E-state index in [2.05, 4.69) is 14.6 Å². The Hall–Kier alpha value is -1.93. The van der Waals surface area contributed by atoms with Gasteiger partial charge in [0.15, 0.2) is 0 Å².